The molecule has 1 heterocycles. The van der Waals surface area contributed by atoms with E-state index in [1.165, 1.54) is 17.0 Å². The number of carbonyl (C=O) groups is 1. The van der Waals surface area contributed by atoms with Crippen LogP contribution in [0, 0.1) is 11.6 Å². The minimum Gasteiger partial charge on any atom is -0.356 e. The van der Waals surface area contributed by atoms with Crippen LogP contribution < -0.4 is 10.6 Å². The SMILES string of the molecule is CCCCNC(=NCC(=O)N(C)C)NC1CCN(Cc2ccc(F)c(F)c2)CC1.I. The fraction of sp³-hybridized carbons (Fsp3) is 0.619. The van der Waals surface area contributed by atoms with Gasteiger partial charge in [0.1, 0.15) is 6.54 Å². The molecule has 0 aromatic heterocycles. The molecule has 2 N–H and O–H groups in total. The number of halogens is 3. The van der Waals surface area contributed by atoms with Gasteiger partial charge in [0, 0.05) is 46.3 Å². The monoisotopic (exact) mass is 537 g/mol. The zero-order valence-electron chi connectivity index (χ0n) is 18.1. The molecule has 0 atom stereocenters. The van der Waals surface area contributed by atoms with E-state index in [2.05, 4.69) is 27.4 Å². The van der Waals surface area contributed by atoms with Crippen molar-refractivity contribution in [3.05, 3.63) is 35.4 Å². The lowest BCUT2D eigenvalue weighted by molar-refractivity contribution is -0.127. The van der Waals surface area contributed by atoms with Crippen LogP contribution in [0.15, 0.2) is 23.2 Å². The molecule has 1 fully saturated rings. The van der Waals surface area contributed by atoms with Crippen molar-refractivity contribution in [2.24, 2.45) is 4.99 Å². The second-order valence-corrected chi connectivity index (χ2v) is 7.68. The van der Waals surface area contributed by atoms with E-state index in [1.54, 1.807) is 20.2 Å². The molecule has 1 aromatic rings. The van der Waals surface area contributed by atoms with Crippen LogP contribution in [0.4, 0.5) is 8.78 Å². The van der Waals surface area contributed by atoms with Gasteiger partial charge in [-0.05, 0) is 37.0 Å². The number of guanidine groups is 1. The van der Waals surface area contributed by atoms with E-state index in [1.807, 2.05) is 0 Å². The maximum absolute atomic E-state index is 13.4. The van der Waals surface area contributed by atoms with Gasteiger partial charge in [0.25, 0.3) is 0 Å². The van der Waals surface area contributed by atoms with E-state index in [0.717, 1.165) is 50.9 Å². The Morgan fingerprint density at radius 2 is 1.93 bits per heavy atom. The highest BCUT2D eigenvalue weighted by molar-refractivity contribution is 14.0. The summed E-state index contributed by atoms with van der Waals surface area (Å²) in [7, 11) is 3.44. The lowest BCUT2D eigenvalue weighted by Gasteiger charge is -2.33. The van der Waals surface area contributed by atoms with Crippen molar-refractivity contribution in [3.63, 3.8) is 0 Å². The largest absolute Gasteiger partial charge is 0.356 e. The number of nitrogens with one attached hydrogen (secondary N) is 2. The zero-order valence-corrected chi connectivity index (χ0v) is 20.4. The summed E-state index contributed by atoms with van der Waals surface area (Å²) in [6, 6.07) is 4.34. The Morgan fingerprint density at radius 3 is 2.53 bits per heavy atom. The third kappa shape index (κ3) is 9.11. The average molecular weight is 537 g/mol. The number of carbonyl (C=O) groups excluding carboxylic acids is 1. The van der Waals surface area contributed by atoms with Gasteiger partial charge in [-0.15, -0.1) is 24.0 Å². The molecule has 1 amide bonds. The van der Waals surface area contributed by atoms with E-state index in [4.69, 9.17) is 0 Å². The average Bonchev–Trinajstić information content (AvgIpc) is 2.70. The van der Waals surface area contributed by atoms with Crippen molar-refractivity contribution in [2.45, 2.75) is 45.2 Å². The van der Waals surface area contributed by atoms with Crippen LogP contribution in [0.1, 0.15) is 38.2 Å². The van der Waals surface area contributed by atoms with Gasteiger partial charge in [0.2, 0.25) is 5.91 Å². The first kappa shape index (κ1) is 26.5. The summed E-state index contributed by atoms with van der Waals surface area (Å²) in [5.41, 5.74) is 0.779. The fourth-order valence-electron chi connectivity index (χ4n) is 3.15. The van der Waals surface area contributed by atoms with Crippen LogP contribution in [0.2, 0.25) is 0 Å². The minimum absolute atomic E-state index is 0. The first-order valence-electron chi connectivity index (χ1n) is 10.3. The molecule has 1 aromatic carbocycles. The third-order valence-electron chi connectivity index (χ3n) is 5.01. The maximum atomic E-state index is 13.4. The van der Waals surface area contributed by atoms with E-state index in [9.17, 15) is 13.6 Å². The van der Waals surface area contributed by atoms with Crippen molar-refractivity contribution in [2.75, 3.05) is 40.3 Å². The van der Waals surface area contributed by atoms with Gasteiger partial charge in [-0.3, -0.25) is 9.69 Å². The summed E-state index contributed by atoms with van der Waals surface area (Å²) in [6.07, 6.45) is 3.95. The zero-order chi connectivity index (χ0) is 21.2. The Morgan fingerprint density at radius 1 is 1.23 bits per heavy atom. The highest BCUT2D eigenvalue weighted by Crippen LogP contribution is 2.16. The van der Waals surface area contributed by atoms with Crippen molar-refractivity contribution < 1.29 is 13.6 Å². The molecular formula is C21H34F2IN5O. The number of likely N-dealkylation sites (tertiary alicyclic amines) is 1. The summed E-state index contributed by atoms with van der Waals surface area (Å²) in [5, 5.41) is 6.74. The van der Waals surface area contributed by atoms with Gasteiger partial charge in [-0.25, -0.2) is 13.8 Å². The summed E-state index contributed by atoms with van der Waals surface area (Å²) < 4.78 is 26.5. The molecule has 1 aliphatic heterocycles. The van der Waals surface area contributed by atoms with Crippen molar-refractivity contribution in [1.82, 2.24) is 20.4 Å². The Hall–Kier alpha value is -1.49. The molecular weight excluding hydrogens is 503 g/mol. The summed E-state index contributed by atoms with van der Waals surface area (Å²) in [6.45, 7) is 5.38. The predicted molar refractivity (Wildman–Crippen MR) is 127 cm³/mol. The number of unbranched alkanes of at least 4 members (excludes halogenated alkanes) is 1. The minimum atomic E-state index is -0.813. The van der Waals surface area contributed by atoms with Gasteiger partial charge in [-0.1, -0.05) is 19.4 Å². The van der Waals surface area contributed by atoms with Gasteiger partial charge in [-0.2, -0.15) is 0 Å². The van der Waals surface area contributed by atoms with Crippen LogP contribution in [-0.2, 0) is 11.3 Å². The molecule has 0 saturated carbocycles. The summed E-state index contributed by atoms with van der Waals surface area (Å²) >= 11 is 0. The molecule has 1 aliphatic rings. The van der Waals surface area contributed by atoms with Crippen LogP contribution in [0.25, 0.3) is 0 Å². The Labute approximate surface area is 195 Å². The van der Waals surface area contributed by atoms with Crippen molar-refractivity contribution in [1.29, 1.82) is 0 Å². The molecule has 6 nitrogen and oxygen atoms in total. The second-order valence-electron chi connectivity index (χ2n) is 7.68. The molecule has 0 radical (unpaired) electrons. The molecule has 0 aliphatic carbocycles. The standard InChI is InChI=1S/C21H33F2N5O.HI/c1-4-5-10-24-21(25-14-20(29)27(2)3)26-17-8-11-28(12-9-17)15-16-6-7-18(22)19(23)13-16;/h6-7,13,17H,4-5,8-12,14-15H2,1-3H3,(H2,24,25,26);1H. The lowest BCUT2D eigenvalue weighted by atomic mass is 10.0. The predicted octanol–water partition coefficient (Wildman–Crippen LogP) is 2.97. The number of piperidine rings is 1. The van der Waals surface area contributed by atoms with E-state index >= 15 is 0 Å². The number of amides is 1. The van der Waals surface area contributed by atoms with Crippen molar-refractivity contribution >= 4 is 35.8 Å². The number of benzene rings is 1. The first-order chi connectivity index (χ1) is 13.9. The number of hydrogen-bond donors (Lipinski definition) is 2. The van der Waals surface area contributed by atoms with Crippen molar-refractivity contribution in [3.8, 4) is 0 Å². The van der Waals surface area contributed by atoms with Crippen LogP contribution in [-0.4, -0.2) is 68.0 Å². The number of nitrogens with zero attached hydrogens (tertiary/aromatic N) is 3. The second kappa shape index (κ2) is 13.7. The van der Waals surface area contributed by atoms with Gasteiger partial charge < -0.3 is 15.5 Å². The van der Waals surface area contributed by atoms with Crippen LogP contribution in [0.3, 0.4) is 0 Å². The third-order valence-corrected chi connectivity index (χ3v) is 5.01. The molecule has 1 saturated heterocycles. The Bertz CT molecular complexity index is 694. The maximum Gasteiger partial charge on any atom is 0.243 e. The highest BCUT2D eigenvalue weighted by atomic mass is 127. The number of hydrogen-bond acceptors (Lipinski definition) is 3. The molecule has 170 valence electrons. The molecule has 0 unspecified atom stereocenters. The molecule has 0 bridgehead atoms. The van der Waals surface area contributed by atoms with Gasteiger partial charge >= 0.3 is 0 Å². The summed E-state index contributed by atoms with van der Waals surface area (Å²) in [5.74, 6) is -0.979. The van der Waals surface area contributed by atoms with E-state index in [-0.39, 0.29) is 42.5 Å². The molecule has 30 heavy (non-hydrogen) atoms. The van der Waals surface area contributed by atoms with Gasteiger partial charge in [0.15, 0.2) is 17.6 Å². The number of rotatable bonds is 8. The number of likely N-dealkylation sites (N-methyl/N-ethyl adjacent to an activating group) is 1. The fourth-order valence-corrected chi connectivity index (χ4v) is 3.15. The Balaban J connectivity index is 0.00000450. The Kier molecular flexibility index (Phi) is 12.2. The van der Waals surface area contributed by atoms with Crippen LogP contribution >= 0.6 is 24.0 Å². The highest BCUT2D eigenvalue weighted by Gasteiger charge is 2.20. The lowest BCUT2D eigenvalue weighted by Crippen LogP contribution is -2.49. The normalized spacial score (nSPS) is 15.4. The number of aliphatic imine (C=N–C) groups is 1. The van der Waals surface area contributed by atoms with Crippen LogP contribution in [0.5, 0.6) is 0 Å². The quantitative estimate of drug-likeness (QED) is 0.232. The molecule has 0 spiro atoms. The topological polar surface area (TPSA) is 60.0 Å². The van der Waals surface area contributed by atoms with E-state index < -0.39 is 11.6 Å². The molecule has 2 rings (SSSR count). The molecule has 9 heteroatoms. The first-order valence-corrected chi connectivity index (χ1v) is 10.3. The van der Waals surface area contributed by atoms with E-state index in [0.29, 0.717) is 12.5 Å². The smallest absolute Gasteiger partial charge is 0.243 e. The summed E-state index contributed by atoms with van der Waals surface area (Å²) in [4.78, 5) is 20.0. The van der Waals surface area contributed by atoms with Gasteiger partial charge in [0.05, 0.1) is 0 Å².